The van der Waals surface area contributed by atoms with Crippen LogP contribution in [0.5, 0.6) is 0 Å². The van der Waals surface area contributed by atoms with Crippen molar-refractivity contribution in [1.82, 2.24) is 9.44 Å². The second-order valence-electron chi connectivity index (χ2n) is 3.65. The molecular weight excluding hydrogens is 246 g/mol. The predicted octanol–water partition coefficient (Wildman–Crippen LogP) is 0.665. The maximum absolute atomic E-state index is 11.7. The van der Waals surface area contributed by atoms with Crippen LogP contribution in [-0.2, 0) is 10.2 Å². The van der Waals surface area contributed by atoms with Gasteiger partial charge in [-0.05, 0) is 19.3 Å². The third kappa shape index (κ3) is 4.32. The largest absolute Gasteiger partial charge is 0.392 e. The Labute approximate surface area is 103 Å². The summed E-state index contributed by atoms with van der Waals surface area (Å²) < 4.78 is 28.3. The molecule has 0 saturated heterocycles. The Morgan fingerprint density at radius 2 is 1.81 bits per heavy atom. The average Bonchev–Trinajstić information content (AvgIpc) is 2.23. The first kappa shape index (κ1) is 15.8. The van der Waals surface area contributed by atoms with Gasteiger partial charge in [0.05, 0.1) is 10.5 Å². The lowest BCUT2D eigenvalue weighted by atomic mass is 9.94. The minimum Gasteiger partial charge on any atom is -0.392 e. The molecule has 0 amide bonds. The standard InChI is InChI=1S/C9H21N3O2S2/c1-4-7-11-16(13,14)12-9(5-2,6-3)8(10)15/h11-12H,4-7H2,1-3H3,(H2,10,15). The van der Waals surface area contributed by atoms with E-state index in [1.165, 1.54) is 0 Å². The first-order chi connectivity index (χ1) is 7.33. The van der Waals surface area contributed by atoms with Crippen LogP contribution in [0.15, 0.2) is 0 Å². The van der Waals surface area contributed by atoms with Crippen LogP contribution in [0.1, 0.15) is 40.0 Å². The van der Waals surface area contributed by atoms with E-state index in [2.05, 4.69) is 9.44 Å². The van der Waals surface area contributed by atoms with Gasteiger partial charge in [0.15, 0.2) is 0 Å². The maximum Gasteiger partial charge on any atom is 0.277 e. The van der Waals surface area contributed by atoms with Gasteiger partial charge in [-0.3, -0.25) is 0 Å². The van der Waals surface area contributed by atoms with Crippen molar-refractivity contribution in [2.75, 3.05) is 6.54 Å². The van der Waals surface area contributed by atoms with Crippen LogP contribution in [0.25, 0.3) is 0 Å². The molecule has 0 aromatic carbocycles. The molecule has 0 unspecified atom stereocenters. The van der Waals surface area contributed by atoms with Crippen molar-refractivity contribution in [3.63, 3.8) is 0 Å². The van der Waals surface area contributed by atoms with Gasteiger partial charge in [-0.25, -0.2) is 4.72 Å². The summed E-state index contributed by atoms with van der Waals surface area (Å²) >= 11 is 4.93. The van der Waals surface area contributed by atoms with Crippen LogP contribution < -0.4 is 15.2 Å². The highest BCUT2D eigenvalue weighted by Gasteiger charge is 2.33. The fourth-order valence-electron chi connectivity index (χ4n) is 1.32. The molecule has 0 aliphatic rings. The molecule has 0 radical (unpaired) electrons. The molecule has 0 aromatic heterocycles. The number of hydrogen-bond donors (Lipinski definition) is 3. The fraction of sp³-hybridized carbons (Fsp3) is 0.889. The molecule has 0 fully saturated rings. The number of rotatable bonds is 8. The van der Waals surface area contributed by atoms with Crippen molar-refractivity contribution in [3.8, 4) is 0 Å². The van der Waals surface area contributed by atoms with Crippen LogP contribution in [0.3, 0.4) is 0 Å². The highest BCUT2D eigenvalue weighted by atomic mass is 32.2. The van der Waals surface area contributed by atoms with Crippen molar-refractivity contribution < 1.29 is 8.42 Å². The van der Waals surface area contributed by atoms with Gasteiger partial charge in [-0.15, -0.1) is 0 Å². The molecule has 0 aromatic rings. The summed E-state index contributed by atoms with van der Waals surface area (Å²) in [7, 11) is -3.54. The van der Waals surface area contributed by atoms with Gasteiger partial charge in [-0.2, -0.15) is 13.1 Å². The second-order valence-corrected chi connectivity index (χ2v) is 5.59. The van der Waals surface area contributed by atoms with E-state index in [1.54, 1.807) is 0 Å². The van der Waals surface area contributed by atoms with E-state index in [0.717, 1.165) is 6.42 Å². The van der Waals surface area contributed by atoms with E-state index in [9.17, 15) is 8.42 Å². The zero-order valence-corrected chi connectivity index (χ0v) is 11.7. The number of hydrogen-bond acceptors (Lipinski definition) is 3. The molecule has 0 rings (SSSR count). The Kier molecular flexibility index (Phi) is 6.39. The first-order valence-corrected chi connectivity index (χ1v) is 7.31. The molecule has 0 saturated carbocycles. The van der Waals surface area contributed by atoms with Crippen molar-refractivity contribution in [3.05, 3.63) is 0 Å². The molecule has 0 atom stereocenters. The maximum atomic E-state index is 11.7. The summed E-state index contributed by atoms with van der Waals surface area (Å²) in [5, 5.41) is 0. The zero-order chi connectivity index (χ0) is 12.8. The predicted molar refractivity (Wildman–Crippen MR) is 70.4 cm³/mol. The molecular formula is C9H21N3O2S2. The van der Waals surface area contributed by atoms with E-state index in [1.807, 2.05) is 20.8 Å². The van der Waals surface area contributed by atoms with Gasteiger partial charge in [0.2, 0.25) is 0 Å². The third-order valence-corrected chi connectivity index (χ3v) is 4.18. The van der Waals surface area contributed by atoms with Gasteiger partial charge in [-0.1, -0.05) is 33.0 Å². The second kappa shape index (κ2) is 6.48. The SMILES string of the molecule is CCCNS(=O)(=O)NC(CC)(CC)C(N)=S. The normalized spacial score (nSPS) is 12.7. The molecule has 5 nitrogen and oxygen atoms in total. The van der Waals surface area contributed by atoms with Crippen LogP contribution in [-0.4, -0.2) is 25.5 Å². The molecule has 0 bridgehead atoms. The van der Waals surface area contributed by atoms with Crippen LogP contribution >= 0.6 is 12.2 Å². The summed E-state index contributed by atoms with van der Waals surface area (Å²) in [5.41, 5.74) is 4.78. The van der Waals surface area contributed by atoms with E-state index < -0.39 is 15.7 Å². The molecule has 4 N–H and O–H groups in total. The first-order valence-electron chi connectivity index (χ1n) is 5.42. The summed E-state index contributed by atoms with van der Waals surface area (Å²) in [5.74, 6) is 0. The lowest BCUT2D eigenvalue weighted by molar-refractivity contribution is 0.460. The van der Waals surface area contributed by atoms with Gasteiger partial charge in [0.25, 0.3) is 10.2 Å². The van der Waals surface area contributed by atoms with E-state index >= 15 is 0 Å². The average molecular weight is 267 g/mol. The topological polar surface area (TPSA) is 84.2 Å². The minimum atomic E-state index is -3.54. The summed E-state index contributed by atoms with van der Waals surface area (Å²) in [6, 6.07) is 0. The van der Waals surface area contributed by atoms with Crippen LogP contribution in [0.2, 0.25) is 0 Å². The van der Waals surface area contributed by atoms with Gasteiger partial charge in [0.1, 0.15) is 0 Å². The molecule has 0 heterocycles. The summed E-state index contributed by atoms with van der Waals surface area (Å²) in [6.45, 7) is 6.00. The highest BCUT2D eigenvalue weighted by molar-refractivity contribution is 7.87. The molecule has 96 valence electrons. The molecule has 16 heavy (non-hydrogen) atoms. The Balaban J connectivity index is 4.82. The van der Waals surface area contributed by atoms with Crippen molar-refractivity contribution >= 4 is 27.4 Å². The Bertz CT molecular complexity index is 324. The lowest BCUT2D eigenvalue weighted by Gasteiger charge is -2.31. The van der Waals surface area contributed by atoms with Gasteiger partial charge < -0.3 is 5.73 Å². The van der Waals surface area contributed by atoms with E-state index in [4.69, 9.17) is 18.0 Å². The number of nitrogens with two attached hydrogens (primary N) is 1. The number of thiocarbonyl (C=S) groups is 1. The van der Waals surface area contributed by atoms with Gasteiger partial charge in [0, 0.05) is 6.54 Å². The van der Waals surface area contributed by atoms with Crippen LogP contribution in [0.4, 0.5) is 0 Å². The highest BCUT2D eigenvalue weighted by Crippen LogP contribution is 2.16. The van der Waals surface area contributed by atoms with Crippen LogP contribution in [0, 0.1) is 0 Å². The van der Waals surface area contributed by atoms with E-state index in [-0.39, 0.29) is 4.99 Å². The quantitative estimate of drug-likeness (QED) is 0.564. The monoisotopic (exact) mass is 267 g/mol. The smallest absolute Gasteiger partial charge is 0.277 e. The zero-order valence-electron chi connectivity index (χ0n) is 10.0. The fourth-order valence-corrected chi connectivity index (χ4v) is 3.19. The minimum absolute atomic E-state index is 0.180. The Morgan fingerprint density at radius 3 is 2.12 bits per heavy atom. The van der Waals surface area contributed by atoms with Crippen molar-refractivity contribution in [2.45, 2.75) is 45.6 Å². The molecule has 0 aliphatic heterocycles. The summed E-state index contributed by atoms with van der Waals surface area (Å²) in [6.07, 6.45) is 1.80. The molecule has 7 heteroatoms. The van der Waals surface area contributed by atoms with Crippen molar-refractivity contribution in [2.24, 2.45) is 5.73 Å². The van der Waals surface area contributed by atoms with Crippen molar-refractivity contribution in [1.29, 1.82) is 0 Å². The Hall–Kier alpha value is -0.240. The Morgan fingerprint density at radius 1 is 1.31 bits per heavy atom. The molecule has 0 spiro atoms. The molecule has 0 aliphatic carbocycles. The number of nitrogens with one attached hydrogen (secondary N) is 2. The summed E-state index contributed by atoms with van der Waals surface area (Å²) in [4.78, 5) is 0.180. The third-order valence-electron chi connectivity index (χ3n) is 2.55. The lowest BCUT2D eigenvalue weighted by Crippen LogP contribution is -2.58. The van der Waals surface area contributed by atoms with Gasteiger partial charge >= 0.3 is 0 Å². The van der Waals surface area contributed by atoms with E-state index in [0.29, 0.717) is 19.4 Å².